The summed E-state index contributed by atoms with van der Waals surface area (Å²) < 4.78 is 13.0. The van der Waals surface area contributed by atoms with Crippen LogP contribution in [0.15, 0.2) is 24.3 Å². The van der Waals surface area contributed by atoms with Gasteiger partial charge in [-0.25, -0.2) is 4.39 Å². The fourth-order valence-corrected chi connectivity index (χ4v) is 4.87. The van der Waals surface area contributed by atoms with E-state index in [0.717, 1.165) is 24.2 Å². The normalized spacial score (nSPS) is 17.7. The second-order valence-corrected chi connectivity index (χ2v) is 9.26. The maximum atomic E-state index is 13.0. The van der Waals surface area contributed by atoms with Crippen molar-refractivity contribution >= 4 is 34.7 Å². The number of amides is 3. The lowest BCUT2D eigenvalue weighted by molar-refractivity contribution is -0.127. The lowest BCUT2D eigenvalue weighted by atomic mass is 9.92. The molecule has 2 aliphatic rings. The molecule has 0 spiro atoms. The average Bonchev–Trinajstić information content (AvgIpc) is 3.31. The number of likely N-dealkylation sites (tertiary alicyclic amines) is 1. The predicted molar refractivity (Wildman–Crippen MR) is 118 cm³/mol. The number of nitrogens with zero attached hydrogens (tertiary/aromatic N) is 3. The number of carbonyl (C=O) groups excluding carboxylic acids is 3. The van der Waals surface area contributed by atoms with E-state index in [1.165, 1.54) is 43.5 Å². The predicted octanol–water partition coefficient (Wildman–Crippen LogP) is 3.23. The molecule has 1 aliphatic carbocycles. The van der Waals surface area contributed by atoms with Crippen LogP contribution < -0.4 is 10.6 Å². The van der Waals surface area contributed by atoms with Crippen molar-refractivity contribution < 1.29 is 18.8 Å². The molecule has 2 N–H and O–H groups in total. The number of anilines is 1. The third kappa shape index (κ3) is 5.48. The molecule has 2 aromatic rings. The van der Waals surface area contributed by atoms with Gasteiger partial charge in [-0.2, -0.15) is 0 Å². The van der Waals surface area contributed by atoms with Gasteiger partial charge in [0, 0.05) is 30.7 Å². The highest BCUT2D eigenvalue weighted by molar-refractivity contribution is 7.15. The number of benzene rings is 1. The molecule has 10 heteroatoms. The number of hydrogen-bond acceptors (Lipinski definition) is 6. The summed E-state index contributed by atoms with van der Waals surface area (Å²) in [6, 6.07) is 5.65. The highest BCUT2D eigenvalue weighted by atomic mass is 32.1. The van der Waals surface area contributed by atoms with Gasteiger partial charge >= 0.3 is 0 Å². The maximum absolute atomic E-state index is 13.0. The molecular weight excluding hydrogens is 433 g/mol. The lowest BCUT2D eigenvalue weighted by Gasteiger charge is -2.32. The van der Waals surface area contributed by atoms with Gasteiger partial charge in [0.15, 0.2) is 0 Å². The molecule has 32 heavy (non-hydrogen) atoms. The van der Waals surface area contributed by atoms with Gasteiger partial charge in [-0.1, -0.05) is 30.6 Å². The lowest BCUT2D eigenvalue weighted by Crippen LogP contribution is -2.45. The number of hydrogen-bond donors (Lipinski definition) is 2. The maximum Gasteiger partial charge on any atom is 0.286 e. The molecular formula is C22H26FN5O3S. The second kappa shape index (κ2) is 10.2. The van der Waals surface area contributed by atoms with Crippen LogP contribution in [0.4, 0.5) is 10.1 Å². The first kappa shape index (κ1) is 22.3. The summed E-state index contributed by atoms with van der Waals surface area (Å²) in [7, 11) is 0. The van der Waals surface area contributed by atoms with E-state index in [1.807, 2.05) is 0 Å². The summed E-state index contributed by atoms with van der Waals surface area (Å²) in [5.41, 5.74) is 0.424. The Labute approximate surface area is 189 Å². The van der Waals surface area contributed by atoms with Gasteiger partial charge in [0.1, 0.15) is 5.82 Å². The summed E-state index contributed by atoms with van der Waals surface area (Å²) >= 11 is 0.917. The van der Waals surface area contributed by atoms with E-state index in [-0.39, 0.29) is 33.8 Å². The quantitative estimate of drug-likeness (QED) is 0.714. The zero-order valence-corrected chi connectivity index (χ0v) is 18.5. The molecule has 1 saturated carbocycles. The molecule has 4 rings (SSSR count). The van der Waals surface area contributed by atoms with Crippen LogP contribution in [0, 0.1) is 11.7 Å². The first-order chi connectivity index (χ1) is 15.5. The monoisotopic (exact) mass is 459 g/mol. The largest absolute Gasteiger partial charge is 0.353 e. The Morgan fingerprint density at radius 2 is 1.59 bits per heavy atom. The van der Waals surface area contributed by atoms with Crippen LogP contribution in [0.3, 0.4) is 0 Å². The van der Waals surface area contributed by atoms with Crippen LogP contribution in [0.5, 0.6) is 0 Å². The first-order valence-corrected chi connectivity index (χ1v) is 11.8. The second-order valence-electron chi connectivity index (χ2n) is 8.28. The molecule has 3 amide bonds. The van der Waals surface area contributed by atoms with Crippen LogP contribution in [-0.2, 0) is 4.79 Å². The molecule has 1 aliphatic heterocycles. The number of rotatable bonds is 5. The number of halogens is 1. The van der Waals surface area contributed by atoms with Crippen LogP contribution in [-0.4, -0.2) is 52.0 Å². The van der Waals surface area contributed by atoms with Crippen molar-refractivity contribution in [3.8, 4) is 0 Å². The molecule has 0 bridgehead atoms. The summed E-state index contributed by atoms with van der Waals surface area (Å²) in [5.74, 6) is -1.17. The number of piperidine rings is 1. The minimum Gasteiger partial charge on any atom is -0.353 e. The number of nitrogens with one attached hydrogen (secondary N) is 2. The highest BCUT2D eigenvalue weighted by Crippen LogP contribution is 2.23. The Bertz CT molecular complexity index is 966. The van der Waals surface area contributed by atoms with Crippen molar-refractivity contribution in [2.75, 3.05) is 18.4 Å². The fraction of sp³-hybridized carbons (Fsp3) is 0.500. The van der Waals surface area contributed by atoms with E-state index >= 15 is 0 Å². The summed E-state index contributed by atoms with van der Waals surface area (Å²) in [6.45, 7) is 0.941. The SMILES string of the molecule is O=C(Nc1ccc(F)cc1)c1nnc(C(=O)N2CCC(C(=O)NC3CCCCC3)CC2)s1. The Balaban J connectivity index is 1.28. The molecule has 2 heterocycles. The molecule has 1 aromatic carbocycles. The van der Waals surface area contributed by atoms with Gasteiger partial charge in [-0.15, -0.1) is 10.2 Å². The first-order valence-electron chi connectivity index (χ1n) is 11.0. The van der Waals surface area contributed by atoms with Gasteiger partial charge in [-0.05, 0) is 49.9 Å². The van der Waals surface area contributed by atoms with Gasteiger partial charge in [0.25, 0.3) is 11.8 Å². The van der Waals surface area contributed by atoms with Crippen molar-refractivity contribution in [2.45, 2.75) is 51.0 Å². The number of aromatic nitrogens is 2. The highest BCUT2D eigenvalue weighted by Gasteiger charge is 2.30. The molecule has 2 fully saturated rings. The van der Waals surface area contributed by atoms with Gasteiger partial charge in [0.2, 0.25) is 15.9 Å². The van der Waals surface area contributed by atoms with Crippen LogP contribution in [0.25, 0.3) is 0 Å². The molecule has 8 nitrogen and oxygen atoms in total. The topological polar surface area (TPSA) is 104 Å². The molecule has 170 valence electrons. The molecule has 1 aromatic heterocycles. The summed E-state index contributed by atoms with van der Waals surface area (Å²) in [5, 5.41) is 13.7. The molecule has 0 radical (unpaired) electrons. The Hall–Kier alpha value is -2.88. The average molecular weight is 460 g/mol. The molecule has 1 saturated heterocycles. The Morgan fingerprint density at radius 1 is 0.938 bits per heavy atom. The van der Waals surface area contributed by atoms with Crippen molar-refractivity contribution in [1.82, 2.24) is 20.4 Å². The summed E-state index contributed by atoms with van der Waals surface area (Å²) in [4.78, 5) is 39.3. The third-order valence-electron chi connectivity index (χ3n) is 6.01. The van der Waals surface area contributed by atoms with E-state index in [0.29, 0.717) is 31.6 Å². The van der Waals surface area contributed by atoms with Crippen LogP contribution in [0.1, 0.15) is 64.6 Å². The minimum atomic E-state index is -0.508. The zero-order valence-electron chi connectivity index (χ0n) is 17.7. The summed E-state index contributed by atoms with van der Waals surface area (Å²) in [6.07, 6.45) is 6.91. The fourth-order valence-electron chi connectivity index (χ4n) is 4.17. The zero-order chi connectivity index (χ0) is 22.5. The van der Waals surface area contributed by atoms with E-state index in [1.54, 1.807) is 4.90 Å². The van der Waals surface area contributed by atoms with E-state index < -0.39 is 11.7 Å². The van der Waals surface area contributed by atoms with Crippen molar-refractivity contribution in [3.63, 3.8) is 0 Å². The molecule has 0 atom stereocenters. The van der Waals surface area contributed by atoms with Crippen molar-refractivity contribution in [3.05, 3.63) is 40.1 Å². The van der Waals surface area contributed by atoms with Gasteiger partial charge in [-0.3, -0.25) is 14.4 Å². The minimum absolute atomic E-state index is 0.0550. The van der Waals surface area contributed by atoms with E-state index in [2.05, 4.69) is 20.8 Å². The third-order valence-corrected chi connectivity index (χ3v) is 6.92. The van der Waals surface area contributed by atoms with E-state index in [4.69, 9.17) is 0 Å². The van der Waals surface area contributed by atoms with Gasteiger partial charge in [0.05, 0.1) is 0 Å². The van der Waals surface area contributed by atoms with Gasteiger partial charge < -0.3 is 15.5 Å². The van der Waals surface area contributed by atoms with Crippen molar-refractivity contribution in [2.24, 2.45) is 5.92 Å². The number of carbonyl (C=O) groups is 3. The van der Waals surface area contributed by atoms with Crippen LogP contribution in [0.2, 0.25) is 0 Å². The molecule has 0 unspecified atom stereocenters. The van der Waals surface area contributed by atoms with Crippen LogP contribution >= 0.6 is 11.3 Å². The smallest absolute Gasteiger partial charge is 0.286 e. The Kier molecular flexibility index (Phi) is 7.09. The van der Waals surface area contributed by atoms with E-state index in [9.17, 15) is 18.8 Å². The standard InChI is InChI=1S/C22H26FN5O3S/c23-15-6-8-17(9-7-15)25-19(30)20-26-27-21(32-20)22(31)28-12-10-14(11-13-28)18(29)24-16-4-2-1-3-5-16/h6-9,14,16H,1-5,10-13H2,(H,24,29)(H,25,30). The Morgan fingerprint density at radius 3 is 2.28 bits per heavy atom. The van der Waals surface area contributed by atoms with Crippen molar-refractivity contribution in [1.29, 1.82) is 0 Å².